The highest BCUT2D eigenvalue weighted by Crippen LogP contribution is 2.46. The lowest BCUT2D eigenvalue weighted by atomic mass is 9.96. The molecule has 0 fully saturated rings. The Kier molecular flexibility index (Phi) is 9.43. The van der Waals surface area contributed by atoms with Crippen LogP contribution in [-0.2, 0) is 0 Å². The van der Waals surface area contributed by atoms with Crippen molar-refractivity contribution in [1.82, 2.24) is 0 Å². The second-order valence-electron chi connectivity index (χ2n) is 16.5. The Morgan fingerprint density at radius 3 is 1.28 bits per heavy atom. The van der Waals surface area contributed by atoms with E-state index in [-0.39, 0.29) is 0 Å². The summed E-state index contributed by atoms with van der Waals surface area (Å²) in [5.41, 5.74) is 15.3. The van der Waals surface area contributed by atoms with Gasteiger partial charge in [0.05, 0.1) is 0 Å². The van der Waals surface area contributed by atoms with Gasteiger partial charge >= 0.3 is 0 Å². The van der Waals surface area contributed by atoms with Gasteiger partial charge in [-0.2, -0.15) is 0 Å². The molecule has 0 unspecified atom stereocenters. The zero-order valence-corrected chi connectivity index (χ0v) is 35.8. The van der Waals surface area contributed by atoms with Crippen LogP contribution in [-0.4, -0.2) is 0 Å². The maximum atomic E-state index is 2.40. The van der Waals surface area contributed by atoms with Crippen molar-refractivity contribution in [3.63, 3.8) is 0 Å². The second-order valence-corrected chi connectivity index (χ2v) is 17.5. The fourth-order valence-electron chi connectivity index (χ4n) is 9.43. The van der Waals surface area contributed by atoms with Crippen molar-refractivity contribution in [2.24, 2.45) is 0 Å². The van der Waals surface area contributed by atoms with Crippen LogP contribution in [0.15, 0.2) is 249 Å². The van der Waals surface area contributed by atoms with Crippen LogP contribution in [0.3, 0.4) is 0 Å². The van der Waals surface area contributed by atoms with Gasteiger partial charge in [0.25, 0.3) is 0 Å². The van der Waals surface area contributed by atoms with Gasteiger partial charge in [0.2, 0.25) is 0 Å². The van der Waals surface area contributed by atoms with Crippen LogP contribution in [0.5, 0.6) is 0 Å². The molecule has 1 heterocycles. The molecular formula is C62H41NS. The van der Waals surface area contributed by atoms with E-state index >= 15 is 0 Å². The van der Waals surface area contributed by atoms with Crippen molar-refractivity contribution in [2.75, 3.05) is 4.90 Å². The molecule has 0 bridgehead atoms. The molecule has 1 nitrogen and oxygen atoms in total. The summed E-state index contributed by atoms with van der Waals surface area (Å²) in [7, 11) is 0. The van der Waals surface area contributed by atoms with E-state index in [0.717, 1.165) is 17.1 Å². The van der Waals surface area contributed by atoms with Crippen molar-refractivity contribution in [1.29, 1.82) is 0 Å². The average Bonchev–Trinajstić information content (AvgIpc) is 3.77. The minimum atomic E-state index is 1.09. The van der Waals surface area contributed by atoms with Crippen LogP contribution >= 0.6 is 11.3 Å². The molecule has 0 aliphatic heterocycles. The highest BCUT2D eigenvalue weighted by atomic mass is 32.1. The summed E-state index contributed by atoms with van der Waals surface area (Å²) >= 11 is 1.92. The van der Waals surface area contributed by atoms with Crippen LogP contribution in [0, 0.1) is 0 Å². The van der Waals surface area contributed by atoms with Gasteiger partial charge in [-0.05, 0) is 114 Å². The van der Waals surface area contributed by atoms with E-state index in [2.05, 4.69) is 254 Å². The molecule has 0 aliphatic rings. The number of hydrogen-bond acceptors (Lipinski definition) is 2. The molecule has 0 N–H and O–H groups in total. The minimum absolute atomic E-state index is 1.09. The Morgan fingerprint density at radius 1 is 0.250 bits per heavy atom. The number of nitrogens with zero attached hydrogens (tertiary/aromatic N) is 1. The van der Waals surface area contributed by atoms with E-state index in [4.69, 9.17) is 0 Å². The van der Waals surface area contributed by atoms with Crippen LogP contribution in [0.25, 0.3) is 97.4 Å². The van der Waals surface area contributed by atoms with Crippen LogP contribution in [0.2, 0.25) is 0 Å². The fourth-order valence-corrected chi connectivity index (χ4v) is 10.8. The smallest absolute Gasteiger partial charge is 0.0473 e. The van der Waals surface area contributed by atoms with Gasteiger partial charge in [-0.1, -0.05) is 206 Å². The summed E-state index contributed by atoms with van der Waals surface area (Å²) in [6.45, 7) is 0. The molecule has 0 atom stereocenters. The van der Waals surface area contributed by atoms with Gasteiger partial charge in [-0.25, -0.2) is 0 Å². The van der Waals surface area contributed by atoms with Crippen molar-refractivity contribution in [3.05, 3.63) is 249 Å². The Labute approximate surface area is 377 Å². The molecule has 1 aromatic heterocycles. The lowest BCUT2D eigenvalue weighted by Crippen LogP contribution is -2.10. The van der Waals surface area contributed by atoms with E-state index < -0.39 is 0 Å². The quantitative estimate of drug-likeness (QED) is 0.138. The van der Waals surface area contributed by atoms with Gasteiger partial charge < -0.3 is 4.90 Å². The molecule has 0 spiro atoms. The largest absolute Gasteiger partial charge is 0.310 e. The van der Waals surface area contributed by atoms with Crippen molar-refractivity contribution >= 4 is 70.1 Å². The second kappa shape index (κ2) is 16.0. The summed E-state index contributed by atoms with van der Waals surface area (Å²) in [5, 5.41) is 7.83. The monoisotopic (exact) mass is 831 g/mol. The van der Waals surface area contributed by atoms with Gasteiger partial charge in [-0.3, -0.25) is 0 Å². The van der Waals surface area contributed by atoms with E-state index in [1.807, 2.05) is 11.3 Å². The average molecular weight is 832 g/mol. The topological polar surface area (TPSA) is 3.24 Å². The molecule has 64 heavy (non-hydrogen) atoms. The molecule has 2 heteroatoms. The molecule has 0 amide bonds. The van der Waals surface area contributed by atoms with Gasteiger partial charge in [0.1, 0.15) is 0 Å². The zero-order valence-electron chi connectivity index (χ0n) is 35.0. The van der Waals surface area contributed by atoms with E-state index in [1.165, 1.54) is 97.4 Å². The van der Waals surface area contributed by atoms with Crippen LogP contribution in [0.1, 0.15) is 0 Å². The van der Waals surface area contributed by atoms with Crippen molar-refractivity contribution < 1.29 is 0 Å². The molecule has 0 aliphatic carbocycles. The standard InChI is InChI=1S/C62H41NS/c1-4-13-42(14-5-1)45-23-25-46(26-24-45)47-29-34-53(35-30-47)63(55-40-51(43-15-6-2-7-16-43)39-52(41-55)44-17-8-3-9-18-44)54-36-31-49(32-37-54)57-21-12-22-58-59-38-33-50-28-27-48-19-10-11-20-56(48)60(50)62(59)64-61(57)58/h1-41H. The SMILES string of the molecule is c1ccc(-c2ccc(-c3ccc(N(c4ccc(-c5cccc6c5sc5c6ccc6ccc7ccccc7c65)cc4)c4cc(-c5ccccc5)cc(-c5ccccc5)c4)cc3)cc2)cc1. The van der Waals surface area contributed by atoms with Crippen LogP contribution < -0.4 is 4.90 Å². The minimum Gasteiger partial charge on any atom is -0.310 e. The highest BCUT2D eigenvalue weighted by molar-refractivity contribution is 7.27. The fraction of sp³-hybridized carbons (Fsp3) is 0. The number of thiophene rings is 1. The lowest BCUT2D eigenvalue weighted by molar-refractivity contribution is 1.28. The number of hydrogen-bond donors (Lipinski definition) is 0. The summed E-state index contributed by atoms with van der Waals surface area (Å²) < 4.78 is 2.67. The maximum absolute atomic E-state index is 2.40. The third-order valence-corrected chi connectivity index (χ3v) is 13.9. The van der Waals surface area contributed by atoms with Crippen molar-refractivity contribution in [3.8, 4) is 55.6 Å². The summed E-state index contributed by atoms with van der Waals surface area (Å²) in [4.78, 5) is 2.40. The molecule has 0 saturated heterocycles. The third kappa shape index (κ3) is 6.82. The Morgan fingerprint density at radius 2 is 0.688 bits per heavy atom. The Hall–Kier alpha value is -8.04. The van der Waals surface area contributed by atoms with E-state index in [1.54, 1.807) is 0 Å². The van der Waals surface area contributed by atoms with Gasteiger partial charge in [0.15, 0.2) is 0 Å². The Bertz CT molecular complexity index is 3550. The molecule has 11 aromatic carbocycles. The maximum Gasteiger partial charge on any atom is 0.0473 e. The van der Waals surface area contributed by atoms with Crippen molar-refractivity contribution in [2.45, 2.75) is 0 Å². The summed E-state index contributed by atoms with van der Waals surface area (Å²) in [6, 6.07) is 90.8. The lowest BCUT2D eigenvalue weighted by Gasteiger charge is -2.27. The normalized spacial score (nSPS) is 11.4. The number of rotatable bonds is 8. The van der Waals surface area contributed by atoms with Gasteiger partial charge in [-0.15, -0.1) is 11.3 Å². The first-order valence-corrected chi connectivity index (χ1v) is 22.7. The number of fused-ring (bicyclic) bond motifs is 7. The number of benzene rings is 11. The van der Waals surface area contributed by atoms with Crippen LogP contribution in [0.4, 0.5) is 17.1 Å². The molecule has 12 aromatic rings. The third-order valence-electron chi connectivity index (χ3n) is 12.6. The molecule has 300 valence electrons. The first-order valence-electron chi connectivity index (χ1n) is 21.9. The first kappa shape index (κ1) is 37.7. The molecule has 0 radical (unpaired) electrons. The predicted octanol–water partition coefficient (Wildman–Crippen LogP) is 18.2. The molecule has 12 rings (SSSR count). The Balaban J connectivity index is 0.981. The number of anilines is 3. The van der Waals surface area contributed by atoms with E-state index in [9.17, 15) is 0 Å². The van der Waals surface area contributed by atoms with E-state index in [0.29, 0.717) is 0 Å². The highest BCUT2D eigenvalue weighted by Gasteiger charge is 2.18. The predicted molar refractivity (Wildman–Crippen MR) is 276 cm³/mol. The molecular weight excluding hydrogens is 791 g/mol. The zero-order chi connectivity index (χ0) is 42.4. The molecule has 0 saturated carbocycles. The summed E-state index contributed by atoms with van der Waals surface area (Å²) in [6.07, 6.45) is 0. The summed E-state index contributed by atoms with van der Waals surface area (Å²) in [5.74, 6) is 0. The van der Waals surface area contributed by atoms with Gasteiger partial charge in [0, 0.05) is 42.6 Å². The first-order chi connectivity index (χ1) is 31.7.